The van der Waals surface area contributed by atoms with Crippen LogP contribution < -0.4 is 0 Å². The molecule has 0 bridgehead atoms. The van der Waals surface area contributed by atoms with Crippen LogP contribution in [0.2, 0.25) is 0 Å². The number of rotatable bonds is 2. The maximum atomic E-state index is 10.7. The summed E-state index contributed by atoms with van der Waals surface area (Å²) in [6.07, 6.45) is 0. The Morgan fingerprint density at radius 2 is 0.793 bits per heavy atom. The van der Waals surface area contributed by atoms with Gasteiger partial charge >= 0.3 is 17.1 Å². The van der Waals surface area contributed by atoms with Crippen molar-refractivity contribution in [3.8, 4) is 0 Å². The van der Waals surface area contributed by atoms with Crippen molar-refractivity contribution >= 4 is 41.8 Å². The molecular weight excluding hydrogens is 464 g/mol. The summed E-state index contributed by atoms with van der Waals surface area (Å²) in [7, 11) is -8.69. The summed E-state index contributed by atoms with van der Waals surface area (Å²) in [5, 5.41) is 3.34. The summed E-state index contributed by atoms with van der Waals surface area (Å²) < 4.78 is 64.3. The summed E-state index contributed by atoms with van der Waals surface area (Å²) in [5.41, 5.74) is 0. The summed E-state index contributed by atoms with van der Waals surface area (Å²) in [4.78, 5) is -0.368. The van der Waals surface area contributed by atoms with Gasteiger partial charge in [0.1, 0.15) is 20.2 Å². The quantitative estimate of drug-likeness (QED) is 0.322. The molecule has 0 aliphatic rings. The molecule has 0 amide bonds. The average Bonchev–Trinajstić information content (AvgIpc) is 2.66. The summed E-state index contributed by atoms with van der Waals surface area (Å²) in [5.74, 6) is 0. The van der Waals surface area contributed by atoms with Crippen LogP contribution in [0.15, 0.2) is 94.7 Å². The fraction of sp³-hybridized carbons (Fsp3) is 0. The first-order valence-corrected chi connectivity index (χ1v) is 10.9. The average molecular weight is 478 g/mol. The second-order valence-electron chi connectivity index (χ2n) is 5.93. The van der Waals surface area contributed by atoms with Gasteiger partial charge in [-0.25, -0.2) is 16.8 Å². The largest absolute Gasteiger partial charge is 2.00 e. The Morgan fingerprint density at radius 3 is 1.10 bits per heavy atom. The van der Waals surface area contributed by atoms with Crippen LogP contribution in [0.25, 0.3) is 21.5 Å². The van der Waals surface area contributed by atoms with Gasteiger partial charge in [0.15, 0.2) is 0 Å². The normalized spacial score (nSPS) is 11.4. The second kappa shape index (κ2) is 9.04. The summed E-state index contributed by atoms with van der Waals surface area (Å²) in [6.45, 7) is 0. The van der Waals surface area contributed by atoms with Gasteiger partial charge in [0.2, 0.25) is 0 Å². The van der Waals surface area contributed by atoms with Crippen LogP contribution in [-0.4, -0.2) is 25.9 Å². The molecular formula is C20H14CuO6S2. The molecule has 0 aromatic heterocycles. The molecule has 0 heterocycles. The Kier molecular flexibility index (Phi) is 7.18. The number of hydrogen-bond donors (Lipinski definition) is 0. The van der Waals surface area contributed by atoms with Crippen molar-refractivity contribution in [1.82, 2.24) is 0 Å². The molecule has 4 rings (SSSR count). The maximum Gasteiger partial charge on any atom is 2.00 e. The zero-order chi connectivity index (χ0) is 20.4. The molecule has 0 N–H and O–H groups in total. The molecule has 153 valence electrons. The van der Waals surface area contributed by atoms with Gasteiger partial charge in [-0.15, -0.1) is 0 Å². The van der Waals surface area contributed by atoms with Crippen molar-refractivity contribution in [2.45, 2.75) is 9.79 Å². The predicted octanol–water partition coefficient (Wildman–Crippen LogP) is 3.49. The Labute approximate surface area is 179 Å². The molecule has 4 aromatic rings. The molecule has 0 aliphatic heterocycles. The van der Waals surface area contributed by atoms with Gasteiger partial charge in [-0.1, -0.05) is 60.7 Å². The summed E-state index contributed by atoms with van der Waals surface area (Å²) >= 11 is 0. The van der Waals surface area contributed by atoms with E-state index in [-0.39, 0.29) is 26.9 Å². The first-order valence-electron chi connectivity index (χ1n) is 8.04. The van der Waals surface area contributed by atoms with E-state index >= 15 is 0 Å². The van der Waals surface area contributed by atoms with E-state index in [9.17, 15) is 25.9 Å². The zero-order valence-corrected chi connectivity index (χ0v) is 17.2. The van der Waals surface area contributed by atoms with E-state index in [0.717, 1.165) is 21.5 Å². The van der Waals surface area contributed by atoms with E-state index in [1.54, 1.807) is 36.4 Å². The van der Waals surface area contributed by atoms with Crippen LogP contribution in [0.3, 0.4) is 0 Å². The predicted molar refractivity (Wildman–Crippen MR) is 104 cm³/mol. The molecule has 29 heavy (non-hydrogen) atoms. The molecule has 0 aliphatic carbocycles. The van der Waals surface area contributed by atoms with Crippen LogP contribution in [0, 0.1) is 0 Å². The minimum Gasteiger partial charge on any atom is -0.744 e. The zero-order valence-electron chi connectivity index (χ0n) is 14.7. The Bertz CT molecular complexity index is 1260. The van der Waals surface area contributed by atoms with Crippen LogP contribution in [-0.2, 0) is 37.3 Å². The van der Waals surface area contributed by atoms with Gasteiger partial charge in [-0.05, 0) is 45.8 Å². The van der Waals surface area contributed by atoms with Crippen molar-refractivity contribution in [2.75, 3.05) is 0 Å². The smallest absolute Gasteiger partial charge is 0.744 e. The molecule has 6 nitrogen and oxygen atoms in total. The van der Waals surface area contributed by atoms with Crippen LogP contribution >= 0.6 is 0 Å². The van der Waals surface area contributed by atoms with Crippen LogP contribution in [0.1, 0.15) is 0 Å². The van der Waals surface area contributed by atoms with Gasteiger partial charge < -0.3 is 9.11 Å². The number of benzene rings is 4. The van der Waals surface area contributed by atoms with E-state index in [4.69, 9.17) is 0 Å². The molecule has 9 heteroatoms. The first kappa shape index (κ1) is 23.0. The third-order valence-electron chi connectivity index (χ3n) is 4.02. The standard InChI is InChI=1S/2C10H8O3S.Cu/c2*11-14(12,13)10-6-5-8-3-1-2-4-9(8)7-10;/h2*1-7H,(H,11,12,13);/q;;+2/p-2. The molecule has 4 aromatic carbocycles. The minimum absolute atomic E-state index is 0. The number of hydrogen-bond acceptors (Lipinski definition) is 6. The Morgan fingerprint density at radius 1 is 0.483 bits per heavy atom. The van der Waals surface area contributed by atoms with Crippen molar-refractivity contribution in [2.24, 2.45) is 0 Å². The molecule has 0 unspecified atom stereocenters. The molecule has 0 saturated heterocycles. The van der Waals surface area contributed by atoms with Gasteiger partial charge in [-0.3, -0.25) is 0 Å². The third kappa shape index (κ3) is 5.86. The van der Waals surface area contributed by atoms with Crippen molar-refractivity contribution in [3.63, 3.8) is 0 Å². The van der Waals surface area contributed by atoms with Crippen LogP contribution in [0.4, 0.5) is 0 Å². The molecule has 0 fully saturated rings. The summed E-state index contributed by atoms with van der Waals surface area (Å²) in [6, 6.07) is 23.2. The van der Waals surface area contributed by atoms with E-state index in [0.29, 0.717) is 0 Å². The first-order chi connectivity index (χ1) is 13.1. The van der Waals surface area contributed by atoms with E-state index in [1.165, 1.54) is 24.3 Å². The molecule has 0 spiro atoms. The van der Waals surface area contributed by atoms with Crippen LogP contribution in [0.5, 0.6) is 0 Å². The second-order valence-corrected chi connectivity index (χ2v) is 8.69. The molecule has 0 atom stereocenters. The fourth-order valence-corrected chi connectivity index (χ4v) is 3.66. The van der Waals surface area contributed by atoms with E-state index < -0.39 is 20.2 Å². The fourth-order valence-electron chi connectivity index (χ4n) is 2.65. The minimum atomic E-state index is -4.34. The van der Waals surface area contributed by atoms with E-state index in [2.05, 4.69) is 0 Å². The SMILES string of the molecule is O=S(=O)([O-])c1ccc2ccccc2c1.O=S(=O)([O-])c1ccc2ccccc2c1.[Cu+2]. The van der Waals surface area contributed by atoms with Crippen molar-refractivity contribution in [1.29, 1.82) is 0 Å². The maximum absolute atomic E-state index is 10.7. The Hall–Kier alpha value is -2.26. The third-order valence-corrected chi connectivity index (χ3v) is 5.68. The topological polar surface area (TPSA) is 114 Å². The van der Waals surface area contributed by atoms with Crippen molar-refractivity contribution < 1.29 is 43.0 Å². The van der Waals surface area contributed by atoms with Gasteiger partial charge in [0.05, 0.1) is 9.79 Å². The molecule has 0 saturated carbocycles. The Balaban J connectivity index is 0.000000200. The van der Waals surface area contributed by atoms with Gasteiger partial charge in [0.25, 0.3) is 0 Å². The van der Waals surface area contributed by atoms with Crippen molar-refractivity contribution in [3.05, 3.63) is 84.9 Å². The van der Waals surface area contributed by atoms with E-state index in [1.807, 2.05) is 24.3 Å². The monoisotopic (exact) mass is 477 g/mol. The number of fused-ring (bicyclic) bond motifs is 2. The van der Waals surface area contributed by atoms with Gasteiger partial charge in [0, 0.05) is 0 Å². The van der Waals surface area contributed by atoms with Gasteiger partial charge in [-0.2, -0.15) is 0 Å². The molecule has 1 radical (unpaired) electrons.